The van der Waals surface area contributed by atoms with Gasteiger partial charge in [-0.15, -0.1) is 0 Å². The topological polar surface area (TPSA) is 62.3 Å². The van der Waals surface area contributed by atoms with Crippen LogP contribution in [0.1, 0.15) is 37.1 Å². The summed E-state index contributed by atoms with van der Waals surface area (Å²) in [6.45, 7) is 0.518. The first-order valence-corrected chi connectivity index (χ1v) is 13.2. The number of para-hydroxylation sites is 1. The Bertz CT molecular complexity index is 911. The van der Waals surface area contributed by atoms with Crippen molar-refractivity contribution in [1.29, 1.82) is 0 Å². The first-order chi connectivity index (χ1) is 14.8. The quantitative estimate of drug-likeness (QED) is 0.488. The van der Waals surface area contributed by atoms with Crippen LogP contribution in [0.5, 0.6) is 0 Å². The highest BCUT2D eigenvalue weighted by molar-refractivity contribution is 8.33. The van der Waals surface area contributed by atoms with Gasteiger partial charge in [0.05, 0.1) is 27.3 Å². The molecule has 4 radical (unpaired) electrons. The van der Waals surface area contributed by atoms with Gasteiger partial charge in [0.2, 0.25) is 11.8 Å². The van der Waals surface area contributed by atoms with Crippen molar-refractivity contribution in [2.24, 2.45) is 0 Å². The molecule has 2 atom stereocenters. The number of benzene rings is 1. The van der Waals surface area contributed by atoms with E-state index in [0.29, 0.717) is 13.0 Å². The third-order valence-electron chi connectivity index (χ3n) is 5.63. The zero-order valence-corrected chi connectivity index (χ0v) is 19.1. The van der Waals surface area contributed by atoms with Gasteiger partial charge in [-0.1, -0.05) is 24.6 Å². The van der Waals surface area contributed by atoms with Gasteiger partial charge in [-0.3, -0.25) is 14.6 Å². The van der Waals surface area contributed by atoms with E-state index in [1.807, 2.05) is 29.2 Å². The summed E-state index contributed by atoms with van der Waals surface area (Å²) in [6.07, 6.45) is 10.8. The third kappa shape index (κ3) is 5.73. The van der Waals surface area contributed by atoms with Crippen LogP contribution in [0.25, 0.3) is 0 Å². The first kappa shape index (κ1) is 23.5. The number of anilines is 1. The van der Waals surface area contributed by atoms with Crippen LogP contribution in [-0.4, -0.2) is 57.4 Å². The lowest BCUT2D eigenvalue weighted by atomic mass is 9.63. The lowest BCUT2D eigenvalue weighted by Gasteiger charge is -2.26. The second-order valence-corrected chi connectivity index (χ2v) is 12.2. The molecule has 0 fully saturated rings. The van der Waals surface area contributed by atoms with Crippen molar-refractivity contribution in [2.75, 3.05) is 29.8 Å². The molecular weight excluding hydrogens is 404 g/mol. The smallest absolute Gasteiger partial charge is 0.227 e. The summed E-state index contributed by atoms with van der Waals surface area (Å²) in [5.74, 6) is -0.714. The van der Waals surface area contributed by atoms with Crippen molar-refractivity contribution < 1.29 is 9.59 Å². The number of nitrogens with one attached hydrogen (secondary N) is 1. The summed E-state index contributed by atoms with van der Waals surface area (Å²) in [5.41, 5.74) is 1.80. The minimum Gasteiger partial charge on any atom is -0.357 e. The number of hydrogen-bond acceptors (Lipinski definition) is 3. The Labute approximate surface area is 189 Å². The summed E-state index contributed by atoms with van der Waals surface area (Å²) in [5, 5.41) is 2.84. The monoisotopic (exact) mass is 433 g/mol. The Morgan fingerprint density at radius 1 is 1.13 bits per heavy atom. The molecule has 2 aromatic rings. The lowest BCUT2D eigenvalue weighted by molar-refractivity contribution is -0.121. The van der Waals surface area contributed by atoms with Crippen molar-refractivity contribution in [1.82, 2.24) is 10.3 Å². The maximum atomic E-state index is 12.8. The number of rotatable bonds is 9. The van der Waals surface area contributed by atoms with E-state index in [9.17, 15) is 9.59 Å². The number of unbranched alkanes of at least 4 members (excludes halogenated alkanes) is 2. The highest BCUT2D eigenvalue weighted by atomic mass is 32.3. The van der Waals surface area contributed by atoms with E-state index in [-0.39, 0.29) is 11.8 Å². The molecule has 5 nitrogen and oxygen atoms in total. The van der Waals surface area contributed by atoms with Gasteiger partial charge in [-0.25, -0.2) is 10.0 Å². The number of amides is 2. The molecule has 0 aliphatic carbocycles. The maximum absolute atomic E-state index is 12.8. The molecule has 0 saturated carbocycles. The molecule has 1 aromatic heterocycles. The molecule has 1 N–H and O–H groups in total. The molecule has 160 valence electrons. The molecular formula is C23H29B2N3O2S. The predicted molar refractivity (Wildman–Crippen MR) is 130 cm³/mol. The van der Waals surface area contributed by atoms with Crippen LogP contribution in [0, 0.1) is 0 Å². The van der Waals surface area contributed by atoms with E-state index in [1.54, 1.807) is 18.5 Å². The summed E-state index contributed by atoms with van der Waals surface area (Å²) in [4.78, 5) is 32.3. The summed E-state index contributed by atoms with van der Waals surface area (Å²) >= 11 is 0. The molecule has 8 heteroatoms. The van der Waals surface area contributed by atoms with Gasteiger partial charge in [0.15, 0.2) is 0 Å². The molecule has 0 bridgehead atoms. The molecule has 0 unspecified atom stereocenters. The van der Waals surface area contributed by atoms with Gasteiger partial charge in [0.1, 0.15) is 0 Å². The first-order valence-electron chi connectivity index (χ1n) is 10.6. The van der Waals surface area contributed by atoms with Crippen LogP contribution >= 0.6 is 10.0 Å². The maximum Gasteiger partial charge on any atom is 0.227 e. The number of carbonyl (C=O) groups excluding carboxylic acids is 2. The number of pyridine rings is 1. The Balaban J connectivity index is 1.36. The van der Waals surface area contributed by atoms with Crippen LogP contribution in [0.2, 0.25) is 5.82 Å². The van der Waals surface area contributed by atoms with E-state index in [2.05, 4.69) is 28.9 Å². The highest BCUT2D eigenvalue weighted by Crippen LogP contribution is 2.59. The van der Waals surface area contributed by atoms with Gasteiger partial charge < -0.3 is 10.2 Å². The molecule has 1 aliphatic heterocycles. The van der Waals surface area contributed by atoms with Crippen molar-refractivity contribution in [3.8, 4) is 0 Å². The lowest BCUT2D eigenvalue weighted by Crippen LogP contribution is -2.32. The average molecular weight is 433 g/mol. The normalized spacial score (nSPS) is 17.4. The minimum absolute atomic E-state index is 0.180. The minimum atomic E-state index is -0.952. The van der Waals surface area contributed by atoms with Crippen molar-refractivity contribution in [3.05, 3.63) is 54.4 Å². The number of fused-ring (bicyclic) bond motifs is 1. The van der Waals surface area contributed by atoms with E-state index in [4.69, 9.17) is 15.7 Å². The standard InChI is InChI=1S/C23H29B2N3O2S/c1-31(2)16-28(18-10-5-6-11-19(18)31)20(29)12-4-3-7-14-27-23(30)22(25)21(24)17-9-8-13-26-15-17/h5-6,8-11,13,15,21-22H,3-4,7,12,14,16H2,1-2H3,(H,27,30)/t21-,22+/m0/s1. The van der Waals surface area contributed by atoms with Crippen LogP contribution in [0.4, 0.5) is 5.69 Å². The van der Waals surface area contributed by atoms with Crippen molar-refractivity contribution in [2.45, 2.75) is 42.2 Å². The van der Waals surface area contributed by atoms with Gasteiger partial charge in [0, 0.05) is 30.3 Å². The molecule has 2 amide bonds. The molecule has 0 saturated heterocycles. The number of nitrogens with zero attached hydrogens (tertiary/aromatic N) is 2. The fourth-order valence-electron chi connectivity index (χ4n) is 3.80. The largest absolute Gasteiger partial charge is 0.357 e. The summed E-state index contributed by atoms with van der Waals surface area (Å²) in [6, 6.07) is 11.8. The second-order valence-electron chi connectivity index (χ2n) is 8.40. The van der Waals surface area contributed by atoms with E-state index >= 15 is 0 Å². The van der Waals surface area contributed by atoms with Crippen LogP contribution in [0.3, 0.4) is 0 Å². The van der Waals surface area contributed by atoms with E-state index in [1.165, 1.54) is 4.90 Å². The number of carbonyl (C=O) groups is 2. The van der Waals surface area contributed by atoms with Gasteiger partial charge in [-0.05, 0) is 60.8 Å². The Morgan fingerprint density at radius 2 is 1.90 bits per heavy atom. The second kappa shape index (κ2) is 10.4. The molecule has 2 heterocycles. The fourth-order valence-corrected chi connectivity index (χ4v) is 6.06. The number of aromatic nitrogens is 1. The SMILES string of the molecule is [B][C@@H](C(=O)NCCCCCC(=O)N1CS(C)(C)c2ccccc21)[C@@H]([B])c1cccnc1. The van der Waals surface area contributed by atoms with Crippen LogP contribution in [0.15, 0.2) is 53.7 Å². The molecule has 3 rings (SSSR count). The fraction of sp³-hybridized carbons (Fsp3) is 0.435. The van der Waals surface area contributed by atoms with Crippen molar-refractivity contribution in [3.63, 3.8) is 0 Å². The van der Waals surface area contributed by atoms with Gasteiger partial charge in [0.25, 0.3) is 0 Å². The van der Waals surface area contributed by atoms with Gasteiger partial charge >= 0.3 is 0 Å². The Hall–Kier alpha value is -2.21. The van der Waals surface area contributed by atoms with E-state index < -0.39 is 21.7 Å². The third-order valence-corrected chi connectivity index (χ3v) is 8.07. The van der Waals surface area contributed by atoms with Crippen LogP contribution in [-0.2, 0) is 9.59 Å². The predicted octanol–water partition coefficient (Wildman–Crippen LogP) is 3.35. The molecule has 1 aromatic carbocycles. The molecule has 31 heavy (non-hydrogen) atoms. The average Bonchev–Trinajstić information content (AvgIpc) is 3.06. The molecule has 0 spiro atoms. The Morgan fingerprint density at radius 3 is 2.65 bits per heavy atom. The Kier molecular flexibility index (Phi) is 7.87. The zero-order valence-electron chi connectivity index (χ0n) is 18.3. The van der Waals surface area contributed by atoms with Gasteiger partial charge in [-0.2, -0.15) is 0 Å². The van der Waals surface area contributed by atoms with Crippen LogP contribution < -0.4 is 10.2 Å². The zero-order chi connectivity index (χ0) is 22.4. The number of hydrogen-bond donors (Lipinski definition) is 1. The highest BCUT2D eigenvalue weighted by Gasteiger charge is 2.33. The molecule has 1 aliphatic rings. The van der Waals surface area contributed by atoms with Crippen molar-refractivity contribution >= 4 is 43.2 Å². The summed E-state index contributed by atoms with van der Waals surface area (Å²) in [7, 11) is 11.1. The van der Waals surface area contributed by atoms with E-state index in [0.717, 1.165) is 36.4 Å². The summed E-state index contributed by atoms with van der Waals surface area (Å²) < 4.78 is 0.